The van der Waals surface area contributed by atoms with E-state index in [1.165, 1.54) is 0 Å². The highest BCUT2D eigenvalue weighted by Gasteiger charge is 2.35. The molecule has 1 unspecified atom stereocenters. The monoisotopic (exact) mass is 273 g/mol. The van der Waals surface area contributed by atoms with Crippen molar-refractivity contribution in [1.29, 1.82) is 0 Å². The number of rotatable bonds is 5. The fraction of sp³-hybridized carbons (Fsp3) is 0.750. The number of anilines is 1. The van der Waals surface area contributed by atoms with Crippen molar-refractivity contribution < 1.29 is 13.2 Å². The van der Waals surface area contributed by atoms with Crippen LogP contribution in [0.3, 0.4) is 0 Å². The minimum absolute atomic E-state index is 0.0338. The minimum atomic E-state index is -4.42. The molecule has 8 heteroatoms. The molecule has 0 saturated carbocycles. The first kappa shape index (κ1) is 13.5. The Kier molecular flexibility index (Phi) is 4.79. The van der Waals surface area contributed by atoms with E-state index >= 15 is 0 Å². The highest BCUT2D eigenvalue weighted by atomic mass is 35.5. The second-order valence-electron chi connectivity index (χ2n) is 3.14. The normalized spacial score (nSPS) is 13.8. The van der Waals surface area contributed by atoms with E-state index in [1.807, 2.05) is 6.92 Å². The molecule has 1 atom stereocenters. The van der Waals surface area contributed by atoms with Crippen molar-refractivity contribution in [2.75, 3.05) is 11.2 Å². The number of alkyl halides is 4. The zero-order valence-electron chi connectivity index (χ0n) is 8.51. The number of hydrogen-bond donors (Lipinski definition) is 1. The lowest BCUT2D eigenvalue weighted by molar-refractivity contribution is -0.138. The van der Waals surface area contributed by atoms with E-state index in [-0.39, 0.29) is 11.2 Å². The summed E-state index contributed by atoms with van der Waals surface area (Å²) in [4.78, 5) is 0. The van der Waals surface area contributed by atoms with Crippen LogP contribution in [0.2, 0.25) is 0 Å². The summed E-state index contributed by atoms with van der Waals surface area (Å²) in [6.45, 7) is 1.93. The fourth-order valence-electron chi connectivity index (χ4n) is 1.08. The standard InChI is InChI=1S/C8H11ClF3N3S/c1-2-5(3-4-9)13-7-15-14-6(16-7)8(10,11)12/h5H,2-4H2,1H3,(H,13,15). The van der Waals surface area contributed by atoms with Crippen LogP contribution in [-0.4, -0.2) is 22.1 Å². The maximum absolute atomic E-state index is 12.2. The third-order valence-electron chi connectivity index (χ3n) is 1.95. The van der Waals surface area contributed by atoms with Gasteiger partial charge in [0.2, 0.25) is 10.1 Å². The van der Waals surface area contributed by atoms with Crippen LogP contribution in [-0.2, 0) is 6.18 Å². The number of nitrogens with one attached hydrogen (secondary N) is 1. The summed E-state index contributed by atoms with van der Waals surface area (Å²) in [7, 11) is 0. The largest absolute Gasteiger partial charge is 0.445 e. The van der Waals surface area contributed by atoms with Gasteiger partial charge in [-0.05, 0) is 12.8 Å². The molecule has 0 aliphatic rings. The average Bonchev–Trinajstić information content (AvgIpc) is 2.65. The Morgan fingerprint density at radius 2 is 2.12 bits per heavy atom. The van der Waals surface area contributed by atoms with Gasteiger partial charge in [0.1, 0.15) is 0 Å². The molecular weight excluding hydrogens is 263 g/mol. The number of halogens is 4. The van der Waals surface area contributed by atoms with Gasteiger partial charge in [-0.25, -0.2) is 0 Å². The molecule has 0 spiro atoms. The van der Waals surface area contributed by atoms with Crippen LogP contribution in [0.25, 0.3) is 0 Å². The van der Waals surface area contributed by atoms with E-state index in [2.05, 4.69) is 15.5 Å². The quantitative estimate of drug-likeness (QED) is 0.836. The maximum atomic E-state index is 12.2. The number of hydrogen-bond acceptors (Lipinski definition) is 4. The molecule has 1 N–H and O–H groups in total. The van der Waals surface area contributed by atoms with Gasteiger partial charge in [0.05, 0.1) is 0 Å². The molecule has 92 valence electrons. The van der Waals surface area contributed by atoms with Crippen molar-refractivity contribution in [3.05, 3.63) is 5.01 Å². The second-order valence-corrected chi connectivity index (χ2v) is 4.49. The van der Waals surface area contributed by atoms with Gasteiger partial charge in [0.25, 0.3) is 0 Å². The summed E-state index contributed by atoms with van der Waals surface area (Å²) in [6.07, 6.45) is -2.97. The first-order valence-electron chi connectivity index (χ1n) is 4.70. The van der Waals surface area contributed by atoms with Gasteiger partial charge in [0.15, 0.2) is 0 Å². The van der Waals surface area contributed by atoms with Crippen LogP contribution in [0.15, 0.2) is 0 Å². The Bertz CT molecular complexity index is 329. The lowest BCUT2D eigenvalue weighted by Gasteiger charge is -2.13. The second kappa shape index (κ2) is 5.67. The Morgan fingerprint density at radius 3 is 2.56 bits per heavy atom. The van der Waals surface area contributed by atoms with Gasteiger partial charge in [0, 0.05) is 11.9 Å². The van der Waals surface area contributed by atoms with E-state index < -0.39 is 11.2 Å². The Labute approximate surface area is 100 Å². The molecule has 0 radical (unpaired) electrons. The van der Waals surface area contributed by atoms with E-state index in [4.69, 9.17) is 11.6 Å². The molecule has 0 fully saturated rings. The molecule has 1 heterocycles. The van der Waals surface area contributed by atoms with E-state index in [9.17, 15) is 13.2 Å². The van der Waals surface area contributed by atoms with Crippen LogP contribution >= 0.6 is 22.9 Å². The van der Waals surface area contributed by atoms with Crippen molar-refractivity contribution in [2.45, 2.75) is 32.0 Å². The molecule has 0 saturated heterocycles. The molecule has 1 aromatic heterocycles. The lowest BCUT2D eigenvalue weighted by Crippen LogP contribution is -2.18. The van der Waals surface area contributed by atoms with Gasteiger partial charge in [-0.2, -0.15) is 13.2 Å². The predicted molar refractivity (Wildman–Crippen MR) is 57.9 cm³/mol. The molecule has 1 aromatic rings. The Morgan fingerprint density at radius 1 is 1.44 bits per heavy atom. The van der Waals surface area contributed by atoms with Crippen molar-refractivity contribution in [2.24, 2.45) is 0 Å². The average molecular weight is 274 g/mol. The zero-order valence-corrected chi connectivity index (χ0v) is 10.1. The molecule has 0 amide bonds. The summed E-state index contributed by atoms with van der Waals surface area (Å²) in [6, 6.07) is 0.0338. The lowest BCUT2D eigenvalue weighted by atomic mass is 10.2. The third kappa shape index (κ3) is 3.79. The van der Waals surface area contributed by atoms with Gasteiger partial charge in [-0.1, -0.05) is 18.3 Å². The summed E-state index contributed by atoms with van der Waals surface area (Å²) >= 11 is 6.07. The van der Waals surface area contributed by atoms with Gasteiger partial charge in [-0.3, -0.25) is 0 Å². The first-order chi connectivity index (χ1) is 7.47. The van der Waals surface area contributed by atoms with E-state index in [0.29, 0.717) is 23.6 Å². The van der Waals surface area contributed by atoms with Crippen LogP contribution in [0.4, 0.5) is 18.3 Å². The molecule has 0 aliphatic carbocycles. The predicted octanol–water partition coefficient (Wildman–Crippen LogP) is 3.38. The molecule has 0 bridgehead atoms. The highest BCUT2D eigenvalue weighted by molar-refractivity contribution is 7.15. The summed E-state index contributed by atoms with van der Waals surface area (Å²) in [5.41, 5.74) is 0. The SMILES string of the molecule is CCC(CCCl)Nc1nnc(C(F)(F)F)s1. The van der Waals surface area contributed by atoms with Crippen molar-refractivity contribution in [3.63, 3.8) is 0 Å². The third-order valence-corrected chi connectivity index (χ3v) is 3.06. The minimum Gasteiger partial charge on any atom is -0.357 e. The summed E-state index contributed by atoms with van der Waals surface area (Å²) in [5.74, 6) is 0.455. The molecule has 3 nitrogen and oxygen atoms in total. The van der Waals surface area contributed by atoms with E-state index in [1.54, 1.807) is 0 Å². The van der Waals surface area contributed by atoms with Crippen LogP contribution < -0.4 is 5.32 Å². The van der Waals surface area contributed by atoms with Crippen molar-refractivity contribution in [1.82, 2.24) is 10.2 Å². The number of aromatic nitrogens is 2. The topological polar surface area (TPSA) is 37.8 Å². The first-order valence-corrected chi connectivity index (χ1v) is 6.05. The van der Waals surface area contributed by atoms with Gasteiger partial charge >= 0.3 is 6.18 Å². The summed E-state index contributed by atoms with van der Waals surface area (Å²) in [5, 5.41) is 8.66. The van der Waals surface area contributed by atoms with Gasteiger partial charge in [-0.15, -0.1) is 21.8 Å². The van der Waals surface area contributed by atoms with E-state index in [0.717, 1.165) is 6.42 Å². The number of nitrogens with zero attached hydrogens (tertiary/aromatic N) is 2. The molecule has 0 aliphatic heterocycles. The van der Waals surface area contributed by atoms with Crippen molar-refractivity contribution in [3.8, 4) is 0 Å². The van der Waals surface area contributed by atoms with Gasteiger partial charge < -0.3 is 5.32 Å². The molecule has 16 heavy (non-hydrogen) atoms. The molecular formula is C8H11ClF3N3S. The zero-order chi connectivity index (χ0) is 12.2. The maximum Gasteiger partial charge on any atom is 0.445 e. The fourth-order valence-corrected chi connectivity index (χ4v) is 2.03. The smallest absolute Gasteiger partial charge is 0.357 e. The van der Waals surface area contributed by atoms with Crippen LogP contribution in [0, 0.1) is 0 Å². The Balaban J connectivity index is 2.64. The van der Waals surface area contributed by atoms with Crippen molar-refractivity contribution >= 4 is 28.1 Å². The Hall–Kier alpha value is -0.560. The highest BCUT2D eigenvalue weighted by Crippen LogP contribution is 2.33. The molecule has 0 aromatic carbocycles. The van der Waals surface area contributed by atoms with Crippen LogP contribution in [0.5, 0.6) is 0 Å². The summed E-state index contributed by atoms with van der Waals surface area (Å²) < 4.78 is 36.7. The molecule has 1 rings (SSSR count). The van der Waals surface area contributed by atoms with Crippen LogP contribution in [0.1, 0.15) is 24.8 Å².